The maximum absolute atomic E-state index is 13.4. The summed E-state index contributed by atoms with van der Waals surface area (Å²) in [4.78, 5) is 0. The van der Waals surface area contributed by atoms with Crippen molar-refractivity contribution in [2.45, 2.75) is 32.0 Å². The van der Waals surface area contributed by atoms with E-state index in [0.717, 1.165) is 0 Å². The Labute approximate surface area is 90.7 Å². The van der Waals surface area contributed by atoms with E-state index in [-0.39, 0.29) is 18.4 Å². The van der Waals surface area contributed by atoms with Crippen LogP contribution >= 0.6 is 0 Å². The third-order valence-corrected chi connectivity index (χ3v) is 2.22. The second-order valence-corrected chi connectivity index (χ2v) is 3.66. The zero-order chi connectivity index (χ0) is 12.3. The van der Waals surface area contributed by atoms with E-state index < -0.39 is 23.7 Å². The van der Waals surface area contributed by atoms with Crippen LogP contribution in [0.3, 0.4) is 0 Å². The Morgan fingerprint density at radius 2 is 1.94 bits per heavy atom. The summed E-state index contributed by atoms with van der Waals surface area (Å²) in [5, 5.41) is 8.99. The molecule has 0 amide bonds. The molecule has 0 saturated heterocycles. The first-order valence-corrected chi connectivity index (χ1v) is 4.85. The van der Waals surface area contributed by atoms with Crippen LogP contribution in [0.4, 0.5) is 17.6 Å². The predicted octanol–water partition coefficient (Wildman–Crippen LogP) is 3.16. The number of hydrogen-bond donors (Lipinski definition) is 1. The van der Waals surface area contributed by atoms with E-state index in [0.29, 0.717) is 6.07 Å². The van der Waals surface area contributed by atoms with Crippen LogP contribution in [0.2, 0.25) is 0 Å². The first-order chi connectivity index (χ1) is 7.32. The standard InChI is InChI=1S/C11H12F4O/c1-7(16)5-6-8-3-2-4-9(10(8)12)11(13,14)15/h2-4,7,16H,5-6H2,1H3. The summed E-state index contributed by atoms with van der Waals surface area (Å²) in [6.07, 6.45) is -5.01. The lowest BCUT2D eigenvalue weighted by atomic mass is 10.0. The summed E-state index contributed by atoms with van der Waals surface area (Å²) in [6, 6.07) is 3.18. The first kappa shape index (κ1) is 13.0. The Bertz CT molecular complexity index is 357. The molecule has 0 radical (unpaired) electrons. The molecule has 1 nitrogen and oxygen atoms in total. The van der Waals surface area contributed by atoms with Crippen LogP contribution in [0, 0.1) is 5.82 Å². The number of aryl methyl sites for hydroxylation is 1. The highest BCUT2D eigenvalue weighted by Gasteiger charge is 2.34. The van der Waals surface area contributed by atoms with Gasteiger partial charge >= 0.3 is 6.18 Å². The van der Waals surface area contributed by atoms with Gasteiger partial charge in [-0.25, -0.2) is 4.39 Å². The molecule has 90 valence electrons. The van der Waals surface area contributed by atoms with Crippen molar-refractivity contribution >= 4 is 0 Å². The van der Waals surface area contributed by atoms with Crippen molar-refractivity contribution in [1.82, 2.24) is 0 Å². The lowest BCUT2D eigenvalue weighted by Crippen LogP contribution is -2.11. The van der Waals surface area contributed by atoms with E-state index in [1.165, 1.54) is 19.1 Å². The zero-order valence-corrected chi connectivity index (χ0v) is 8.68. The Morgan fingerprint density at radius 3 is 2.44 bits per heavy atom. The van der Waals surface area contributed by atoms with Crippen molar-refractivity contribution in [3.8, 4) is 0 Å². The third-order valence-electron chi connectivity index (χ3n) is 2.22. The third kappa shape index (κ3) is 3.20. The molecule has 1 aromatic carbocycles. The minimum atomic E-state index is -4.68. The highest BCUT2D eigenvalue weighted by molar-refractivity contribution is 5.28. The predicted molar refractivity (Wildman–Crippen MR) is 51.4 cm³/mol. The van der Waals surface area contributed by atoms with E-state index in [1.807, 2.05) is 0 Å². The van der Waals surface area contributed by atoms with E-state index >= 15 is 0 Å². The van der Waals surface area contributed by atoms with Gasteiger partial charge in [-0.15, -0.1) is 0 Å². The van der Waals surface area contributed by atoms with E-state index in [2.05, 4.69) is 0 Å². The summed E-state index contributed by atoms with van der Waals surface area (Å²) >= 11 is 0. The summed E-state index contributed by atoms with van der Waals surface area (Å²) in [6.45, 7) is 1.51. The lowest BCUT2D eigenvalue weighted by Gasteiger charge is -2.11. The van der Waals surface area contributed by atoms with Crippen molar-refractivity contribution in [1.29, 1.82) is 0 Å². The van der Waals surface area contributed by atoms with E-state index in [1.54, 1.807) is 0 Å². The molecule has 0 fully saturated rings. The molecule has 0 heterocycles. The van der Waals surface area contributed by atoms with E-state index in [9.17, 15) is 17.6 Å². The molecule has 0 aliphatic heterocycles. The van der Waals surface area contributed by atoms with Crippen LogP contribution in [0.15, 0.2) is 18.2 Å². The minimum Gasteiger partial charge on any atom is -0.393 e. The molecule has 1 N–H and O–H groups in total. The van der Waals surface area contributed by atoms with Gasteiger partial charge in [0.15, 0.2) is 0 Å². The molecule has 1 atom stereocenters. The molecule has 0 aromatic heterocycles. The highest BCUT2D eigenvalue weighted by Crippen LogP contribution is 2.32. The second-order valence-electron chi connectivity index (χ2n) is 3.66. The van der Waals surface area contributed by atoms with Gasteiger partial charge in [0, 0.05) is 0 Å². The largest absolute Gasteiger partial charge is 0.419 e. The van der Waals surface area contributed by atoms with Crippen molar-refractivity contribution in [3.63, 3.8) is 0 Å². The Hall–Kier alpha value is -1.10. The number of rotatable bonds is 3. The molecule has 0 aliphatic rings. The van der Waals surface area contributed by atoms with Gasteiger partial charge in [0.1, 0.15) is 5.82 Å². The summed E-state index contributed by atoms with van der Waals surface area (Å²) in [5.74, 6) is -1.24. The number of aliphatic hydroxyl groups is 1. The maximum Gasteiger partial charge on any atom is 0.419 e. The van der Waals surface area contributed by atoms with Crippen LogP contribution in [-0.4, -0.2) is 11.2 Å². The molecule has 0 bridgehead atoms. The van der Waals surface area contributed by atoms with Gasteiger partial charge < -0.3 is 5.11 Å². The highest BCUT2D eigenvalue weighted by atomic mass is 19.4. The van der Waals surface area contributed by atoms with Gasteiger partial charge in [-0.3, -0.25) is 0 Å². The van der Waals surface area contributed by atoms with Crippen molar-refractivity contribution in [3.05, 3.63) is 35.1 Å². The zero-order valence-electron chi connectivity index (χ0n) is 8.68. The van der Waals surface area contributed by atoms with Gasteiger partial charge in [-0.2, -0.15) is 13.2 Å². The number of hydrogen-bond acceptors (Lipinski definition) is 1. The van der Waals surface area contributed by atoms with Gasteiger partial charge in [0.2, 0.25) is 0 Å². The molecule has 0 spiro atoms. The Kier molecular flexibility index (Phi) is 3.91. The average molecular weight is 236 g/mol. The van der Waals surface area contributed by atoms with E-state index in [4.69, 9.17) is 5.11 Å². The van der Waals surface area contributed by atoms with Crippen LogP contribution in [0.5, 0.6) is 0 Å². The summed E-state index contributed by atoms with van der Waals surface area (Å²) < 4.78 is 50.4. The fourth-order valence-corrected chi connectivity index (χ4v) is 1.36. The van der Waals surface area contributed by atoms with Crippen LogP contribution in [0.1, 0.15) is 24.5 Å². The molecule has 5 heteroatoms. The first-order valence-electron chi connectivity index (χ1n) is 4.85. The molecule has 16 heavy (non-hydrogen) atoms. The minimum absolute atomic E-state index is 0.0178. The lowest BCUT2D eigenvalue weighted by molar-refractivity contribution is -0.140. The molecular weight excluding hydrogens is 224 g/mol. The van der Waals surface area contributed by atoms with Crippen LogP contribution in [-0.2, 0) is 12.6 Å². The maximum atomic E-state index is 13.4. The smallest absolute Gasteiger partial charge is 0.393 e. The molecule has 0 aliphatic carbocycles. The van der Waals surface area contributed by atoms with Gasteiger partial charge in [0.25, 0.3) is 0 Å². The summed E-state index contributed by atoms with van der Waals surface area (Å²) in [7, 11) is 0. The number of halogens is 4. The fourth-order valence-electron chi connectivity index (χ4n) is 1.36. The molecule has 1 rings (SSSR count). The number of aliphatic hydroxyl groups excluding tert-OH is 1. The SMILES string of the molecule is CC(O)CCc1cccc(C(F)(F)F)c1F. The van der Waals surface area contributed by atoms with Gasteiger partial charge in [-0.1, -0.05) is 12.1 Å². The Morgan fingerprint density at radius 1 is 1.31 bits per heavy atom. The second kappa shape index (κ2) is 4.82. The van der Waals surface area contributed by atoms with Crippen molar-refractivity contribution < 1.29 is 22.7 Å². The Balaban J connectivity index is 2.96. The molecule has 0 saturated carbocycles. The van der Waals surface area contributed by atoms with Crippen LogP contribution < -0.4 is 0 Å². The normalized spacial score (nSPS) is 13.9. The monoisotopic (exact) mass is 236 g/mol. The molecular formula is C11H12F4O. The van der Waals surface area contributed by atoms with Gasteiger partial charge in [0.05, 0.1) is 11.7 Å². The average Bonchev–Trinajstić information content (AvgIpc) is 2.14. The molecule has 1 aromatic rings. The number of alkyl halides is 3. The van der Waals surface area contributed by atoms with Gasteiger partial charge in [-0.05, 0) is 31.4 Å². The van der Waals surface area contributed by atoms with Crippen molar-refractivity contribution in [2.75, 3.05) is 0 Å². The summed E-state index contributed by atoms with van der Waals surface area (Å²) in [5.41, 5.74) is -1.27. The topological polar surface area (TPSA) is 20.2 Å². The fraction of sp³-hybridized carbons (Fsp3) is 0.455. The number of benzene rings is 1. The molecule has 1 unspecified atom stereocenters. The quantitative estimate of drug-likeness (QED) is 0.799. The van der Waals surface area contributed by atoms with Crippen molar-refractivity contribution in [2.24, 2.45) is 0 Å². The van der Waals surface area contributed by atoms with Crippen LogP contribution in [0.25, 0.3) is 0 Å².